The Bertz CT molecular complexity index is 677. The molecule has 5 heteroatoms. The van der Waals surface area contributed by atoms with Crippen LogP contribution >= 0.6 is 0 Å². The van der Waals surface area contributed by atoms with Gasteiger partial charge in [0.1, 0.15) is 18.7 Å². The topological polar surface area (TPSA) is 66.0 Å². The number of nitrogens with two attached hydrogens (primary N) is 1. The van der Waals surface area contributed by atoms with E-state index in [4.69, 9.17) is 10.5 Å². The van der Waals surface area contributed by atoms with Crippen LogP contribution in [0.5, 0.6) is 5.75 Å². The van der Waals surface area contributed by atoms with E-state index in [1.54, 1.807) is 18.5 Å². The molecular formula is C15H14N4O. The van der Waals surface area contributed by atoms with Gasteiger partial charge < -0.3 is 10.5 Å². The van der Waals surface area contributed by atoms with E-state index >= 15 is 0 Å². The molecule has 100 valence electrons. The van der Waals surface area contributed by atoms with Crippen LogP contribution in [0.2, 0.25) is 0 Å². The monoisotopic (exact) mass is 266 g/mol. The molecule has 20 heavy (non-hydrogen) atoms. The molecule has 0 bridgehead atoms. The highest BCUT2D eigenvalue weighted by atomic mass is 16.5. The van der Waals surface area contributed by atoms with Crippen molar-refractivity contribution in [2.24, 2.45) is 0 Å². The molecule has 5 nitrogen and oxygen atoms in total. The minimum atomic E-state index is 0.346. The fourth-order valence-corrected chi connectivity index (χ4v) is 1.87. The number of rotatable bonds is 4. The molecule has 1 heterocycles. The van der Waals surface area contributed by atoms with Gasteiger partial charge in [0, 0.05) is 11.4 Å². The molecule has 0 aliphatic heterocycles. The Morgan fingerprint density at radius 3 is 2.50 bits per heavy atom. The fraction of sp³-hybridized carbons (Fsp3) is 0.0667. The van der Waals surface area contributed by atoms with Crippen LogP contribution in [0.1, 0.15) is 5.82 Å². The first kappa shape index (κ1) is 12.2. The SMILES string of the molecule is Nc1ccc(OCc2nncn2-c2ccccc2)cc1. The normalized spacial score (nSPS) is 10.4. The van der Waals surface area contributed by atoms with Crippen molar-refractivity contribution in [1.29, 1.82) is 0 Å². The third-order valence-electron chi connectivity index (χ3n) is 2.90. The highest BCUT2D eigenvalue weighted by Crippen LogP contribution is 2.15. The van der Waals surface area contributed by atoms with Crippen molar-refractivity contribution in [2.75, 3.05) is 5.73 Å². The van der Waals surface area contributed by atoms with E-state index in [9.17, 15) is 0 Å². The van der Waals surface area contributed by atoms with Gasteiger partial charge in [0.05, 0.1) is 0 Å². The van der Waals surface area contributed by atoms with Crippen molar-refractivity contribution in [3.05, 3.63) is 66.7 Å². The molecule has 0 saturated carbocycles. The maximum atomic E-state index is 5.69. The van der Waals surface area contributed by atoms with Gasteiger partial charge in [-0.3, -0.25) is 4.57 Å². The first-order valence-corrected chi connectivity index (χ1v) is 6.25. The van der Waals surface area contributed by atoms with Gasteiger partial charge in [-0.2, -0.15) is 0 Å². The van der Waals surface area contributed by atoms with Gasteiger partial charge >= 0.3 is 0 Å². The number of anilines is 1. The van der Waals surface area contributed by atoms with Crippen LogP contribution in [0.4, 0.5) is 5.69 Å². The smallest absolute Gasteiger partial charge is 0.175 e. The van der Waals surface area contributed by atoms with Crippen LogP contribution < -0.4 is 10.5 Å². The number of nitrogen functional groups attached to an aromatic ring is 1. The molecule has 3 aromatic rings. The molecule has 0 radical (unpaired) electrons. The zero-order valence-electron chi connectivity index (χ0n) is 10.8. The van der Waals surface area contributed by atoms with Crippen molar-refractivity contribution in [3.8, 4) is 11.4 Å². The molecular weight excluding hydrogens is 252 g/mol. The maximum Gasteiger partial charge on any atom is 0.175 e. The highest BCUT2D eigenvalue weighted by Gasteiger charge is 2.06. The van der Waals surface area contributed by atoms with Crippen LogP contribution in [-0.2, 0) is 6.61 Å². The summed E-state index contributed by atoms with van der Waals surface area (Å²) in [7, 11) is 0. The van der Waals surface area contributed by atoms with Gasteiger partial charge in [0.25, 0.3) is 0 Å². The Morgan fingerprint density at radius 2 is 1.75 bits per heavy atom. The number of benzene rings is 2. The Kier molecular flexibility index (Phi) is 3.33. The van der Waals surface area contributed by atoms with E-state index in [0.717, 1.165) is 17.3 Å². The minimum absolute atomic E-state index is 0.346. The first-order chi connectivity index (χ1) is 9.83. The van der Waals surface area contributed by atoms with Gasteiger partial charge in [0.15, 0.2) is 5.82 Å². The average molecular weight is 266 g/mol. The van der Waals surface area contributed by atoms with Crippen molar-refractivity contribution in [1.82, 2.24) is 14.8 Å². The minimum Gasteiger partial charge on any atom is -0.486 e. The summed E-state index contributed by atoms with van der Waals surface area (Å²) in [6, 6.07) is 17.2. The van der Waals surface area contributed by atoms with Crippen molar-refractivity contribution in [2.45, 2.75) is 6.61 Å². The molecule has 0 unspecified atom stereocenters. The van der Waals surface area contributed by atoms with E-state index in [1.807, 2.05) is 47.0 Å². The predicted octanol–water partition coefficient (Wildman–Crippen LogP) is 2.43. The lowest BCUT2D eigenvalue weighted by Gasteiger charge is -2.08. The van der Waals surface area contributed by atoms with Crippen LogP contribution in [0.25, 0.3) is 5.69 Å². The molecule has 0 amide bonds. The van der Waals surface area contributed by atoms with Crippen LogP contribution in [-0.4, -0.2) is 14.8 Å². The standard InChI is InChI=1S/C15H14N4O/c16-12-6-8-14(9-7-12)20-10-15-18-17-11-19(15)13-4-2-1-3-5-13/h1-9,11H,10,16H2. The summed E-state index contributed by atoms with van der Waals surface area (Å²) >= 11 is 0. The lowest BCUT2D eigenvalue weighted by molar-refractivity contribution is 0.293. The Morgan fingerprint density at radius 1 is 1.00 bits per heavy atom. The Balaban J connectivity index is 1.76. The third kappa shape index (κ3) is 2.61. The second-order valence-corrected chi connectivity index (χ2v) is 4.31. The van der Waals surface area contributed by atoms with Crippen LogP contribution in [0, 0.1) is 0 Å². The molecule has 1 aromatic heterocycles. The average Bonchev–Trinajstić information content (AvgIpc) is 2.96. The van der Waals surface area contributed by atoms with Crippen molar-refractivity contribution in [3.63, 3.8) is 0 Å². The molecule has 0 atom stereocenters. The second-order valence-electron chi connectivity index (χ2n) is 4.31. The number of ether oxygens (including phenoxy) is 1. The quantitative estimate of drug-likeness (QED) is 0.736. The summed E-state index contributed by atoms with van der Waals surface area (Å²) in [6.45, 7) is 0.346. The van der Waals surface area contributed by atoms with Crippen molar-refractivity contribution < 1.29 is 4.74 Å². The largest absolute Gasteiger partial charge is 0.486 e. The van der Waals surface area contributed by atoms with E-state index < -0.39 is 0 Å². The summed E-state index contributed by atoms with van der Waals surface area (Å²) in [5.41, 5.74) is 7.36. The number of nitrogens with zero attached hydrogens (tertiary/aromatic N) is 3. The molecule has 0 aliphatic rings. The lowest BCUT2D eigenvalue weighted by atomic mass is 10.3. The summed E-state index contributed by atoms with van der Waals surface area (Å²) in [5, 5.41) is 8.03. The van der Waals surface area contributed by atoms with Crippen LogP contribution in [0.3, 0.4) is 0 Å². The summed E-state index contributed by atoms with van der Waals surface area (Å²) in [5.74, 6) is 1.50. The molecule has 3 rings (SSSR count). The number of aromatic nitrogens is 3. The van der Waals surface area contributed by atoms with Crippen molar-refractivity contribution >= 4 is 5.69 Å². The summed E-state index contributed by atoms with van der Waals surface area (Å²) < 4.78 is 7.59. The molecule has 0 aliphatic carbocycles. The lowest BCUT2D eigenvalue weighted by Crippen LogP contribution is -2.05. The first-order valence-electron chi connectivity index (χ1n) is 6.25. The summed E-state index contributed by atoms with van der Waals surface area (Å²) in [6.07, 6.45) is 1.68. The maximum absolute atomic E-state index is 5.69. The zero-order valence-corrected chi connectivity index (χ0v) is 10.8. The molecule has 0 fully saturated rings. The second kappa shape index (κ2) is 5.44. The number of hydrogen-bond donors (Lipinski definition) is 1. The number of hydrogen-bond acceptors (Lipinski definition) is 4. The van der Waals surface area contributed by atoms with E-state index in [1.165, 1.54) is 0 Å². The third-order valence-corrected chi connectivity index (χ3v) is 2.90. The van der Waals surface area contributed by atoms with Crippen LogP contribution in [0.15, 0.2) is 60.9 Å². The van der Waals surface area contributed by atoms with Gasteiger partial charge in [-0.05, 0) is 36.4 Å². The molecule has 2 N–H and O–H groups in total. The van der Waals surface area contributed by atoms with Gasteiger partial charge in [-0.1, -0.05) is 18.2 Å². The number of para-hydroxylation sites is 1. The zero-order chi connectivity index (χ0) is 13.8. The molecule has 0 saturated heterocycles. The Hall–Kier alpha value is -2.82. The Labute approximate surface area is 116 Å². The van der Waals surface area contributed by atoms with E-state index in [-0.39, 0.29) is 0 Å². The fourth-order valence-electron chi connectivity index (χ4n) is 1.87. The van der Waals surface area contributed by atoms with Gasteiger partial charge in [-0.25, -0.2) is 0 Å². The summed E-state index contributed by atoms with van der Waals surface area (Å²) in [4.78, 5) is 0. The predicted molar refractivity (Wildman–Crippen MR) is 76.5 cm³/mol. The molecule has 2 aromatic carbocycles. The van der Waals surface area contributed by atoms with E-state index in [0.29, 0.717) is 12.3 Å². The van der Waals surface area contributed by atoms with E-state index in [2.05, 4.69) is 10.2 Å². The van der Waals surface area contributed by atoms with Gasteiger partial charge in [0.2, 0.25) is 0 Å². The van der Waals surface area contributed by atoms with Gasteiger partial charge in [-0.15, -0.1) is 10.2 Å². The highest BCUT2D eigenvalue weighted by molar-refractivity contribution is 5.41. The molecule has 0 spiro atoms.